The molecular formula is C31H52Cl2. The van der Waals surface area contributed by atoms with Crippen LogP contribution in [-0.2, 0) is 0 Å². The summed E-state index contributed by atoms with van der Waals surface area (Å²) in [5.41, 5.74) is 0.496. The highest BCUT2D eigenvalue weighted by Crippen LogP contribution is 2.77. The molecule has 0 nitrogen and oxygen atoms in total. The van der Waals surface area contributed by atoms with Crippen LogP contribution in [0.4, 0.5) is 0 Å². The zero-order valence-electron chi connectivity index (χ0n) is 21.9. The van der Waals surface area contributed by atoms with E-state index >= 15 is 0 Å². The van der Waals surface area contributed by atoms with E-state index in [9.17, 15) is 0 Å². The van der Waals surface area contributed by atoms with Crippen molar-refractivity contribution < 1.29 is 0 Å². The second-order valence-corrected chi connectivity index (χ2v) is 15.1. The molecule has 0 N–H and O–H groups in total. The van der Waals surface area contributed by atoms with Gasteiger partial charge in [-0.05, 0) is 119 Å². The maximum atomic E-state index is 7.40. The molecule has 0 aromatic heterocycles. The van der Waals surface area contributed by atoms with Crippen molar-refractivity contribution in [1.82, 2.24) is 0 Å². The Bertz CT molecular complexity index is 621. The van der Waals surface area contributed by atoms with Crippen molar-refractivity contribution >= 4 is 23.2 Å². The van der Waals surface area contributed by atoms with Crippen LogP contribution < -0.4 is 0 Å². The van der Waals surface area contributed by atoms with Gasteiger partial charge in [0.2, 0.25) is 0 Å². The molecule has 0 aromatic rings. The lowest BCUT2D eigenvalue weighted by Gasteiger charge is -2.69. The summed E-state index contributed by atoms with van der Waals surface area (Å²) in [6, 6.07) is 0. The Morgan fingerprint density at radius 2 is 0.939 bits per heavy atom. The van der Waals surface area contributed by atoms with E-state index in [0.29, 0.717) is 0 Å². The Morgan fingerprint density at radius 3 is 1.30 bits per heavy atom. The summed E-state index contributed by atoms with van der Waals surface area (Å²) in [5, 5.41) is 0. The average Bonchev–Trinajstić information content (AvgIpc) is 2.86. The Hall–Kier alpha value is 0.580. The summed E-state index contributed by atoms with van der Waals surface area (Å²) >= 11 is 14.8. The first-order valence-corrected chi connectivity index (χ1v) is 16.1. The average molecular weight is 496 g/mol. The topological polar surface area (TPSA) is 0 Å². The van der Waals surface area contributed by atoms with E-state index in [1.165, 1.54) is 128 Å². The van der Waals surface area contributed by atoms with Crippen LogP contribution in [0.5, 0.6) is 0 Å². The quantitative estimate of drug-likeness (QED) is 0.333. The third kappa shape index (κ3) is 4.58. The predicted molar refractivity (Wildman–Crippen MR) is 144 cm³/mol. The van der Waals surface area contributed by atoms with Crippen LogP contribution in [0.3, 0.4) is 0 Å². The van der Waals surface area contributed by atoms with Gasteiger partial charge in [0.25, 0.3) is 0 Å². The highest BCUT2D eigenvalue weighted by molar-refractivity contribution is 6.50. The Morgan fingerprint density at radius 1 is 0.545 bits per heavy atom. The second kappa shape index (κ2) is 10.1. The van der Waals surface area contributed by atoms with Gasteiger partial charge in [-0.25, -0.2) is 0 Å². The molecule has 2 heteroatoms. The third-order valence-electron chi connectivity index (χ3n) is 12.4. The molecule has 0 heterocycles. The van der Waals surface area contributed by atoms with Crippen LogP contribution >= 0.6 is 23.2 Å². The minimum Gasteiger partial charge on any atom is -0.100 e. The fourth-order valence-electron chi connectivity index (χ4n) is 10.1. The summed E-state index contributed by atoms with van der Waals surface area (Å²) < 4.78 is -0.450. The van der Waals surface area contributed by atoms with Crippen LogP contribution in [0, 0.1) is 46.3 Å². The van der Waals surface area contributed by atoms with E-state index in [1.807, 2.05) is 0 Å². The molecule has 0 atom stereocenters. The van der Waals surface area contributed by atoms with Gasteiger partial charge in [0.1, 0.15) is 4.33 Å². The number of hydrogen-bond donors (Lipinski definition) is 0. The standard InChI is InChI=1S/C31H52Cl2/c1-3-5-24-8-12-26(13-9-24)28-16-20-30(21-17-28)22-29(31(30,32)33)18-14-27(15-19-29)25-10-6-23(4-2)7-11-25/h23-28H,3-22H2,1-2H3. The zero-order chi connectivity index (χ0) is 23.1. The van der Waals surface area contributed by atoms with Crippen molar-refractivity contribution in [2.75, 3.05) is 0 Å². The normalized spacial score (nSPS) is 48.0. The van der Waals surface area contributed by atoms with Crippen molar-refractivity contribution in [2.24, 2.45) is 46.3 Å². The van der Waals surface area contributed by atoms with Gasteiger partial charge in [0.05, 0.1) is 0 Å². The number of halogens is 2. The van der Waals surface area contributed by atoms with Gasteiger partial charge in [-0.3, -0.25) is 0 Å². The van der Waals surface area contributed by atoms with Gasteiger partial charge < -0.3 is 0 Å². The smallest absolute Gasteiger partial charge is 0.100 e. The van der Waals surface area contributed by atoms with Crippen LogP contribution in [-0.4, -0.2) is 4.33 Å². The summed E-state index contributed by atoms with van der Waals surface area (Å²) in [5.74, 6) is 5.98. The summed E-state index contributed by atoms with van der Waals surface area (Å²) in [4.78, 5) is 0. The highest BCUT2D eigenvalue weighted by Gasteiger charge is 2.72. The molecule has 5 rings (SSSR count). The van der Waals surface area contributed by atoms with E-state index in [1.54, 1.807) is 0 Å². The number of alkyl halides is 2. The summed E-state index contributed by atoms with van der Waals surface area (Å²) in [6.07, 6.45) is 28.4. The lowest BCUT2D eigenvalue weighted by atomic mass is 9.42. The monoisotopic (exact) mass is 494 g/mol. The molecule has 190 valence electrons. The van der Waals surface area contributed by atoms with Crippen molar-refractivity contribution in [2.45, 2.75) is 147 Å². The highest BCUT2D eigenvalue weighted by atomic mass is 35.5. The molecule has 2 spiro atoms. The van der Waals surface area contributed by atoms with Gasteiger partial charge in [-0.15, -0.1) is 23.2 Å². The minimum atomic E-state index is -0.450. The van der Waals surface area contributed by atoms with Gasteiger partial charge in [0, 0.05) is 10.8 Å². The van der Waals surface area contributed by atoms with E-state index < -0.39 is 4.33 Å². The molecule has 0 saturated heterocycles. The fraction of sp³-hybridized carbons (Fsp3) is 1.00. The van der Waals surface area contributed by atoms with Crippen molar-refractivity contribution in [1.29, 1.82) is 0 Å². The molecule has 5 aliphatic carbocycles. The Labute approximate surface area is 215 Å². The Balaban J connectivity index is 1.11. The molecule has 0 aromatic carbocycles. The van der Waals surface area contributed by atoms with Crippen LogP contribution in [0.2, 0.25) is 0 Å². The van der Waals surface area contributed by atoms with Crippen LogP contribution in [0.25, 0.3) is 0 Å². The Kier molecular flexibility index (Phi) is 7.76. The first kappa shape index (κ1) is 25.2. The van der Waals surface area contributed by atoms with E-state index in [2.05, 4.69) is 13.8 Å². The van der Waals surface area contributed by atoms with E-state index in [4.69, 9.17) is 23.2 Å². The first-order valence-electron chi connectivity index (χ1n) is 15.3. The van der Waals surface area contributed by atoms with Crippen molar-refractivity contribution in [3.8, 4) is 0 Å². The summed E-state index contributed by atoms with van der Waals surface area (Å²) in [6.45, 7) is 4.74. The van der Waals surface area contributed by atoms with Crippen LogP contribution in [0.15, 0.2) is 0 Å². The molecular weight excluding hydrogens is 443 g/mol. The molecule has 5 aliphatic rings. The molecule has 33 heavy (non-hydrogen) atoms. The molecule has 0 unspecified atom stereocenters. The van der Waals surface area contributed by atoms with E-state index in [0.717, 1.165) is 35.5 Å². The van der Waals surface area contributed by atoms with Crippen LogP contribution in [0.1, 0.15) is 142 Å². The third-order valence-corrected chi connectivity index (χ3v) is 14.0. The lowest BCUT2D eigenvalue weighted by molar-refractivity contribution is -0.122. The molecule has 0 amide bonds. The molecule has 5 saturated carbocycles. The van der Waals surface area contributed by atoms with Gasteiger partial charge in [0.15, 0.2) is 0 Å². The van der Waals surface area contributed by atoms with Gasteiger partial charge >= 0.3 is 0 Å². The second-order valence-electron chi connectivity index (χ2n) is 13.7. The zero-order valence-corrected chi connectivity index (χ0v) is 23.4. The van der Waals surface area contributed by atoms with Gasteiger partial charge in [-0.1, -0.05) is 58.8 Å². The molecule has 0 bridgehead atoms. The molecule has 0 radical (unpaired) electrons. The van der Waals surface area contributed by atoms with Crippen molar-refractivity contribution in [3.05, 3.63) is 0 Å². The molecule has 5 fully saturated rings. The fourth-order valence-corrected chi connectivity index (χ4v) is 11.1. The first-order chi connectivity index (χ1) is 15.9. The summed E-state index contributed by atoms with van der Waals surface area (Å²) in [7, 11) is 0. The SMILES string of the molecule is CCCC1CCC(C2CCC3(CC2)CC2(CCC(C4CCC(CC)CC4)CC2)C3(Cl)Cl)CC1. The maximum Gasteiger partial charge on any atom is 0.129 e. The molecule has 0 aliphatic heterocycles. The lowest BCUT2D eigenvalue weighted by Crippen LogP contribution is -2.66. The maximum absolute atomic E-state index is 7.40. The number of rotatable bonds is 5. The van der Waals surface area contributed by atoms with Crippen molar-refractivity contribution in [3.63, 3.8) is 0 Å². The minimum absolute atomic E-state index is 0.248. The van der Waals surface area contributed by atoms with E-state index in [-0.39, 0.29) is 10.8 Å². The van der Waals surface area contributed by atoms with Gasteiger partial charge in [-0.2, -0.15) is 0 Å². The number of hydrogen-bond acceptors (Lipinski definition) is 0. The predicted octanol–water partition coefficient (Wildman–Crippen LogP) is 10.7. The largest absolute Gasteiger partial charge is 0.129 e.